The van der Waals surface area contributed by atoms with Crippen LogP contribution in [0.3, 0.4) is 0 Å². The maximum absolute atomic E-state index is 6.28. The smallest absolute Gasteiger partial charge is 0.298 e. The molecule has 0 amide bonds. The van der Waals surface area contributed by atoms with Crippen molar-refractivity contribution in [3.63, 3.8) is 0 Å². The van der Waals surface area contributed by atoms with Crippen molar-refractivity contribution < 1.29 is 23.5 Å². The van der Waals surface area contributed by atoms with Crippen LogP contribution < -0.4 is 30.8 Å². The molecule has 3 aliphatic heterocycles. The number of nitrogens with zero attached hydrogens (tertiary/aromatic N) is 6. The van der Waals surface area contributed by atoms with E-state index in [1.165, 1.54) is 0 Å². The molecule has 0 spiro atoms. The zero-order valence-electron chi connectivity index (χ0n) is 24.7. The molecule has 0 saturated heterocycles. The predicted molar refractivity (Wildman–Crippen MR) is 168 cm³/mol. The second-order valence-electron chi connectivity index (χ2n) is 10.6. The number of unbranched alkanes of at least 4 members (excludes halogenated alkanes) is 1. The predicted octanol–water partition coefficient (Wildman–Crippen LogP) is 3.25. The number of nitrogens with two attached hydrogens (primary N) is 2. The van der Waals surface area contributed by atoms with E-state index in [9.17, 15) is 0 Å². The third-order valence-corrected chi connectivity index (χ3v) is 7.67. The molecule has 2 aromatic carbocycles. The van der Waals surface area contributed by atoms with Gasteiger partial charge >= 0.3 is 0 Å². The van der Waals surface area contributed by atoms with Gasteiger partial charge in [-0.1, -0.05) is 29.3 Å². The minimum absolute atomic E-state index is 0.209. The molecule has 0 bridgehead atoms. The summed E-state index contributed by atoms with van der Waals surface area (Å²) in [5.74, 6) is 2.39. The number of nitrogen functional groups attached to an aromatic ring is 2. The van der Waals surface area contributed by atoms with Gasteiger partial charge in [0.1, 0.15) is 44.2 Å². The van der Waals surface area contributed by atoms with Crippen LogP contribution in [0.4, 0.5) is 22.7 Å². The first-order valence-electron chi connectivity index (χ1n) is 14.8. The van der Waals surface area contributed by atoms with Crippen LogP contribution in [0.5, 0.6) is 0 Å². The molecule has 229 valence electrons. The number of amidine groups is 1. The summed E-state index contributed by atoms with van der Waals surface area (Å²) in [7, 11) is 0. The molecule has 3 aliphatic rings. The van der Waals surface area contributed by atoms with Gasteiger partial charge in [-0.05, 0) is 37.1 Å². The van der Waals surface area contributed by atoms with Crippen LogP contribution in [0.15, 0.2) is 104 Å². The summed E-state index contributed by atoms with van der Waals surface area (Å²) in [6.45, 7) is 4.21. The summed E-state index contributed by atoms with van der Waals surface area (Å²) >= 11 is 0. The topological polar surface area (TPSA) is 122 Å². The Labute approximate surface area is 257 Å². The van der Waals surface area contributed by atoms with Crippen LogP contribution in [0.1, 0.15) is 19.3 Å². The Morgan fingerprint density at radius 2 is 1.45 bits per heavy atom. The van der Waals surface area contributed by atoms with Crippen molar-refractivity contribution >= 4 is 28.6 Å². The largest absolute Gasteiger partial charge is 0.459 e. The molecule has 12 nitrogen and oxygen atoms in total. The number of aliphatic imine (C=N–C) groups is 1. The monoisotopic (exact) mass is 599 g/mol. The van der Waals surface area contributed by atoms with Gasteiger partial charge < -0.3 is 40.2 Å². The fourth-order valence-electron chi connectivity index (χ4n) is 5.39. The van der Waals surface area contributed by atoms with Gasteiger partial charge in [-0.25, -0.2) is 14.0 Å². The first-order valence-corrected chi connectivity index (χ1v) is 14.8. The van der Waals surface area contributed by atoms with Crippen molar-refractivity contribution in [2.24, 2.45) is 0 Å². The molecular formula is C32H39N8O4+2. The highest BCUT2D eigenvalue weighted by Gasteiger charge is 2.27. The zero-order valence-corrected chi connectivity index (χ0v) is 24.7. The molecule has 4 heterocycles. The summed E-state index contributed by atoms with van der Waals surface area (Å²) in [5, 5.41) is 0. The fraction of sp³-hybridized carbons (Fsp3) is 0.312. The SMILES string of the molecule is Nc1ccccc1N(CCN1C=C[N+]=C1CCCC[n+]1ccn(CCN(C2=COCO2)c2ccccc2N)c1)C1=COCO1. The quantitative estimate of drug-likeness (QED) is 0.154. The molecule has 0 atom stereocenters. The number of benzene rings is 2. The van der Waals surface area contributed by atoms with E-state index in [-0.39, 0.29) is 13.6 Å². The molecule has 1 radical (unpaired) electrons. The van der Waals surface area contributed by atoms with Gasteiger partial charge in [-0.2, -0.15) is 0 Å². The van der Waals surface area contributed by atoms with E-state index < -0.39 is 0 Å². The Balaban J connectivity index is 0.967. The number of para-hydroxylation sites is 4. The van der Waals surface area contributed by atoms with Crippen LogP contribution in [-0.2, 0) is 32.0 Å². The average molecular weight is 600 g/mol. The van der Waals surface area contributed by atoms with Crippen molar-refractivity contribution in [3.05, 3.63) is 104 Å². The maximum Gasteiger partial charge on any atom is 0.298 e. The van der Waals surface area contributed by atoms with Gasteiger partial charge in [-0.15, -0.1) is 0 Å². The molecule has 0 saturated carbocycles. The molecule has 1 aromatic heterocycles. The fourth-order valence-corrected chi connectivity index (χ4v) is 5.39. The minimum Gasteiger partial charge on any atom is -0.459 e. The highest BCUT2D eigenvalue weighted by atomic mass is 16.7. The highest BCUT2D eigenvalue weighted by molar-refractivity contribution is 5.84. The number of hydrogen-bond donors (Lipinski definition) is 2. The second-order valence-corrected chi connectivity index (χ2v) is 10.6. The second kappa shape index (κ2) is 13.8. The Morgan fingerprint density at radius 1 is 0.818 bits per heavy atom. The Kier molecular flexibility index (Phi) is 9.05. The first-order chi connectivity index (χ1) is 21.7. The highest BCUT2D eigenvalue weighted by Crippen LogP contribution is 2.29. The number of imidazole rings is 1. The Bertz CT molecular complexity index is 1550. The van der Waals surface area contributed by atoms with Crippen molar-refractivity contribution in [1.29, 1.82) is 0 Å². The van der Waals surface area contributed by atoms with E-state index in [4.69, 9.17) is 30.4 Å². The van der Waals surface area contributed by atoms with E-state index in [0.717, 1.165) is 56.1 Å². The van der Waals surface area contributed by atoms with E-state index in [1.807, 2.05) is 70.7 Å². The molecular weight excluding hydrogens is 560 g/mol. The van der Waals surface area contributed by atoms with Gasteiger partial charge in [0.05, 0.1) is 48.8 Å². The Hall–Kier alpha value is -5.26. The molecule has 12 heteroatoms. The molecule has 0 aliphatic carbocycles. The lowest BCUT2D eigenvalue weighted by Crippen LogP contribution is -2.36. The van der Waals surface area contributed by atoms with Crippen molar-refractivity contribution in [1.82, 2.24) is 14.5 Å². The van der Waals surface area contributed by atoms with Crippen LogP contribution in [0.2, 0.25) is 0 Å². The molecule has 3 aromatic rings. The van der Waals surface area contributed by atoms with Gasteiger partial charge in [0.15, 0.2) is 6.20 Å². The van der Waals surface area contributed by atoms with Gasteiger partial charge in [0, 0.05) is 0 Å². The summed E-state index contributed by atoms with van der Waals surface area (Å²) in [4.78, 5) is 10.9. The minimum atomic E-state index is 0.209. The van der Waals surface area contributed by atoms with E-state index >= 15 is 0 Å². The molecule has 0 fully saturated rings. The van der Waals surface area contributed by atoms with E-state index in [2.05, 4.69) is 37.7 Å². The van der Waals surface area contributed by atoms with Crippen LogP contribution >= 0.6 is 0 Å². The maximum atomic E-state index is 6.28. The number of ether oxygens (including phenoxy) is 4. The first kappa shape index (κ1) is 28.8. The van der Waals surface area contributed by atoms with Gasteiger partial charge in [0.25, 0.3) is 5.84 Å². The third-order valence-electron chi connectivity index (χ3n) is 7.67. The lowest BCUT2D eigenvalue weighted by atomic mass is 10.2. The van der Waals surface area contributed by atoms with E-state index in [1.54, 1.807) is 12.5 Å². The summed E-state index contributed by atoms with van der Waals surface area (Å²) in [6.07, 6.45) is 16.5. The lowest BCUT2D eigenvalue weighted by Gasteiger charge is -2.25. The summed E-state index contributed by atoms with van der Waals surface area (Å²) in [6, 6.07) is 15.6. The van der Waals surface area contributed by atoms with Crippen LogP contribution in [-0.4, -0.2) is 48.5 Å². The normalized spacial score (nSPS) is 15.2. The Morgan fingerprint density at radius 3 is 2.07 bits per heavy atom. The molecule has 0 unspecified atom stereocenters. The number of aryl methyl sites for hydroxylation is 1. The standard InChI is InChI=1S/C32H39N8O4/c33-26-7-1-3-9-28(26)39(31-21-41-24-43-31)19-17-37-16-15-36(23-37)13-6-5-11-30-35-12-14-38(30)18-20-40(32-22-42-25-44-32)29-10-4-2-8-27(29)34/h1-4,7-10,12,14-16,21-23H,5-6,11,13,17-20,24-25,33-34H2/q+2. The molecule has 4 N–H and O–H groups in total. The van der Waals surface area contributed by atoms with Crippen LogP contribution in [0.25, 0.3) is 0 Å². The van der Waals surface area contributed by atoms with Crippen molar-refractivity contribution in [2.45, 2.75) is 32.4 Å². The van der Waals surface area contributed by atoms with Crippen LogP contribution in [0, 0.1) is 0 Å². The number of anilines is 4. The molecule has 44 heavy (non-hydrogen) atoms. The third kappa shape index (κ3) is 6.86. The summed E-state index contributed by atoms with van der Waals surface area (Å²) in [5.41, 5.74) is 15.7. The number of aromatic nitrogens is 2. The lowest BCUT2D eigenvalue weighted by molar-refractivity contribution is -0.696. The van der Waals surface area contributed by atoms with Gasteiger partial charge in [0.2, 0.25) is 31.7 Å². The number of rotatable bonds is 15. The zero-order chi connectivity index (χ0) is 30.1. The summed E-state index contributed by atoms with van der Waals surface area (Å²) < 4.78 is 26.4. The average Bonchev–Trinajstić information content (AvgIpc) is 3.87. The van der Waals surface area contributed by atoms with Crippen molar-refractivity contribution in [3.8, 4) is 0 Å². The van der Waals surface area contributed by atoms with Crippen molar-refractivity contribution in [2.75, 3.05) is 54.5 Å². The van der Waals surface area contributed by atoms with Gasteiger partial charge in [-0.3, -0.25) is 0 Å². The van der Waals surface area contributed by atoms with E-state index in [0.29, 0.717) is 36.2 Å². The number of hydrogen-bond acceptors (Lipinski definition) is 10. The molecule has 6 rings (SSSR count).